The molecule has 2 heterocycles. The van der Waals surface area contributed by atoms with Gasteiger partial charge in [0.25, 0.3) is 0 Å². The summed E-state index contributed by atoms with van der Waals surface area (Å²) in [5.41, 5.74) is 2.16. The van der Waals surface area contributed by atoms with E-state index in [-0.39, 0.29) is 0 Å². The number of para-hydroxylation sites is 1. The fourth-order valence-corrected chi connectivity index (χ4v) is 3.63. The Labute approximate surface area is 181 Å². The molecule has 0 spiro atoms. The zero-order valence-electron chi connectivity index (χ0n) is 17.0. The van der Waals surface area contributed by atoms with Crippen molar-refractivity contribution < 1.29 is 4.52 Å². The Hall–Kier alpha value is -3.06. The molecule has 0 atom stereocenters. The van der Waals surface area contributed by atoms with Gasteiger partial charge in [0.1, 0.15) is 0 Å². The van der Waals surface area contributed by atoms with E-state index in [0.29, 0.717) is 29.7 Å². The number of benzene rings is 2. The molecule has 1 fully saturated rings. The van der Waals surface area contributed by atoms with Gasteiger partial charge in [-0.05, 0) is 36.4 Å². The summed E-state index contributed by atoms with van der Waals surface area (Å²) < 4.78 is 5.38. The molecule has 30 heavy (non-hydrogen) atoms. The topological polar surface area (TPSA) is 69.8 Å². The van der Waals surface area contributed by atoms with Crippen molar-refractivity contribution in [3.63, 3.8) is 0 Å². The van der Waals surface area contributed by atoms with Crippen molar-refractivity contribution in [1.29, 1.82) is 0 Å². The predicted octanol–water partition coefficient (Wildman–Crippen LogP) is 3.33. The van der Waals surface area contributed by atoms with Crippen LogP contribution >= 0.6 is 11.6 Å². The van der Waals surface area contributed by atoms with E-state index >= 15 is 0 Å². The Balaban J connectivity index is 1.26. The highest BCUT2D eigenvalue weighted by Gasteiger charge is 2.19. The molecule has 8 heteroatoms. The van der Waals surface area contributed by atoms with Gasteiger partial charge in [-0.25, -0.2) is 0 Å². The van der Waals surface area contributed by atoms with Crippen LogP contribution in [0.1, 0.15) is 5.89 Å². The van der Waals surface area contributed by atoms with E-state index in [4.69, 9.17) is 16.1 Å². The molecule has 0 bridgehead atoms. The maximum absolute atomic E-state index is 5.93. The lowest BCUT2D eigenvalue weighted by Gasteiger charge is -2.37. The van der Waals surface area contributed by atoms with Crippen molar-refractivity contribution >= 4 is 23.2 Å². The summed E-state index contributed by atoms with van der Waals surface area (Å²) in [6.45, 7) is 4.47. The maximum atomic E-state index is 5.93. The van der Waals surface area contributed by atoms with Crippen LogP contribution in [0.5, 0.6) is 0 Å². The average molecular weight is 425 g/mol. The third-order valence-corrected chi connectivity index (χ3v) is 5.36. The number of aromatic nitrogens is 2. The number of nitrogens with one attached hydrogen (secondary N) is 1. The zero-order valence-corrected chi connectivity index (χ0v) is 17.7. The molecule has 1 saturated heterocycles. The van der Waals surface area contributed by atoms with Crippen LogP contribution in [0, 0.1) is 0 Å². The molecule has 156 valence electrons. The van der Waals surface area contributed by atoms with Gasteiger partial charge in [0, 0.05) is 62.5 Å². The van der Waals surface area contributed by atoms with Crippen molar-refractivity contribution in [1.82, 2.24) is 20.4 Å². The molecule has 0 unspecified atom stereocenters. The van der Waals surface area contributed by atoms with E-state index in [0.717, 1.165) is 37.7 Å². The third kappa shape index (κ3) is 4.91. The van der Waals surface area contributed by atoms with E-state index in [2.05, 4.69) is 54.5 Å². The third-order valence-electron chi connectivity index (χ3n) is 5.10. The van der Waals surface area contributed by atoms with Crippen LogP contribution in [0.4, 0.5) is 5.69 Å². The smallest absolute Gasteiger partial charge is 0.228 e. The van der Waals surface area contributed by atoms with Crippen molar-refractivity contribution in [3.05, 3.63) is 65.5 Å². The van der Waals surface area contributed by atoms with Crippen LogP contribution in [-0.4, -0.2) is 60.8 Å². The van der Waals surface area contributed by atoms with Gasteiger partial charge in [-0.15, -0.1) is 0 Å². The summed E-state index contributed by atoms with van der Waals surface area (Å²) in [6.07, 6.45) is 0.629. The van der Waals surface area contributed by atoms with Crippen LogP contribution in [0.3, 0.4) is 0 Å². The molecule has 1 N–H and O–H groups in total. The first-order valence-electron chi connectivity index (χ1n) is 10.1. The van der Waals surface area contributed by atoms with Gasteiger partial charge >= 0.3 is 0 Å². The SMILES string of the molecule is CN=C(NCCc1nc(-c2ccc(Cl)cc2)no1)N1CCN(c2ccccc2)CC1. The highest BCUT2D eigenvalue weighted by atomic mass is 35.5. The highest BCUT2D eigenvalue weighted by Crippen LogP contribution is 2.19. The Morgan fingerprint density at radius 2 is 1.80 bits per heavy atom. The first-order chi connectivity index (χ1) is 14.7. The maximum Gasteiger partial charge on any atom is 0.228 e. The molecule has 0 aliphatic carbocycles. The molecule has 0 amide bonds. The molecule has 0 saturated carbocycles. The van der Waals surface area contributed by atoms with Gasteiger partial charge in [0.05, 0.1) is 0 Å². The quantitative estimate of drug-likeness (QED) is 0.500. The Morgan fingerprint density at radius 1 is 1.07 bits per heavy atom. The minimum absolute atomic E-state index is 0.572. The van der Waals surface area contributed by atoms with Gasteiger partial charge < -0.3 is 19.6 Å². The molecular weight excluding hydrogens is 400 g/mol. The number of hydrogen-bond acceptors (Lipinski definition) is 5. The first kappa shape index (κ1) is 20.2. The standard InChI is InChI=1S/C22H25ClN6O/c1-24-22(29-15-13-28(14-16-29)19-5-3-2-4-6-19)25-12-11-20-26-21(27-30-20)17-7-9-18(23)10-8-17/h2-10H,11-16H2,1H3,(H,24,25). The van der Waals surface area contributed by atoms with Crippen LogP contribution in [0.2, 0.25) is 5.02 Å². The number of anilines is 1. The number of aliphatic imine (C=N–C) groups is 1. The second-order valence-corrected chi connectivity index (χ2v) is 7.49. The van der Waals surface area contributed by atoms with Crippen LogP contribution in [0.25, 0.3) is 11.4 Å². The number of piperazine rings is 1. The Bertz CT molecular complexity index is 965. The normalized spacial score (nSPS) is 14.8. The monoisotopic (exact) mass is 424 g/mol. The second-order valence-electron chi connectivity index (χ2n) is 7.05. The van der Waals surface area contributed by atoms with Gasteiger partial charge in [-0.2, -0.15) is 4.98 Å². The van der Waals surface area contributed by atoms with Gasteiger partial charge in [0.2, 0.25) is 11.7 Å². The van der Waals surface area contributed by atoms with Crippen molar-refractivity contribution in [3.8, 4) is 11.4 Å². The molecule has 1 aromatic heterocycles. The molecule has 2 aromatic carbocycles. The Morgan fingerprint density at radius 3 is 2.50 bits per heavy atom. The molecule has 1 aliphatic heterocycles. The van der Waals surface area contributed by atoms with Crippen LogP contribution in [-0.2, 0) is 6.42 Å². The fraction of sp³-hybridized carbons (Fsp3) is 0.318. The van der Waals surface area contributed by atoms with E-state index in [1.807, 2.05) is 37.4 Å². The van der Waals surface area contributed by atoms with Gasteiger partial charge in [0.15, 0.2) is 5.96 Å². The number of nitrogens with zero attached hydrogens (tertiary/aromatic N) is 5. The summed E-state index contributed by atoms with van der Waals surface area (Å²) in [5.74, 6) is 2.07. The summed E-state index contributed by atoms with van der Waals surface area (Å²) in [7, 11) is 1.82. The number of hydrogen-bond donors (Lipinski definition) is 1. The first-order valence-corrected chi connectivity index (χ1v) is 10.4. The minimum atomic E-state index is 0.572. The van der Waals surface area contributed by atoms with E-state index < -0.39 is 0 Å². The number of rotatable bonds is 5. The molecule has 7 nitrogen and oxygen atoms in total. The largest absolute Gasteiger partial charge is 0.368 e. The fourth-order valence-electron chi connectivity index (χ4n) is 3.50. The zero-order chi connectivity index (χ0) is 20.8. The number of halogens is 1. The average Bonchev–Trinajstić information content (AvgIpc) is 3.27. The molecular formula is C22H25ClN6O. The van der Waals surface area contributed by atoms with Crippen molar-refractivity contribution in [2.75, 3.05) is 44.7 Å². The summed E-state index contributed by atoms with van der Waals surface area (Å²) >= 11 is 5.93. The van der Waals surface area contributed by atoms with Crippen LogP contribution in [0.15, 0.2) is 64.1 Å². The van der Waals surface area contributed by atoms with E-state index in [9.17, 15) is 0 Å². The number of guanidine groups is 1. The Kier molecular flexibility index (Phi) is 6.49. The summed E-state index contributed by atoms with van der Waals surface area (Å²) in [6, 6.07) is 17.9. The minimum Gasteiger partial charge on any atom is -0.368 e. The van der Waals surface area contributed by atoms with Crippen molar-refractivity contribution in [2.24, 2.45) is 4.99 Å². The van der Waals surface area contributed by atoms with E-state index in [1.54, 1.807) is 0 Å². The molecule has 1 aliphatic rings. The lowest BCUT2D eigenvalue weighted by atomic mass is 10.2. The predicted molar refractivity (Wildman–Crippen MR) is 120 cm³/mol. The van der Waals surface area contributed by atoms with Crippen LogP contribution < -0.4 is 10.2 Å². The summed E-state index contributed by atoms with van der Waals surface area (Å²) in [5, 5.41) is 8.15. The second kappa shape index (κ2) is 9.63. The van der Waals surface area contributed by atoms with Gasteiger partial charge in [-0.3, -0.25) is 4.99 Å². The summed E-state index contributed by atoms with van der Waals surface area (Å²) in [4.78, 5) is 13.6. The molecule has 3 aromatic rings. The van der Waals surface area contributed by atoms with E-state index in [1.165, 1.54) is 5.69 Å². The van der Waals surface area contributed by atoms with Gasteiger partial charge in [-0.1, -0.05) is 35.0 Å². The lowest BCUT2D eigenvalue weighted by molar-refractivity contribution is 0.365. The molecule has 4 rings (SSSR count). The highest BCUT2D eigenvalue weighted by molar-refractivity contribution is 6.30. The van der Waals surface area contributed by atoms with Crippen molar-refractivity contribution in [2.45, 2.75) is 6.42 Å². The molecule has 0 radical (unpaired) electrons. The lowest BCUT2D eigenvalue weighted by Crippen LogP contribution is -2.52.